The highest BCUT2D eigenvalue weighted by Gasteiger charge is 2.21. The van der Waals surface area contributed by atoms with Crippen LogP contribution in [0.2, 0.25) is 0 Å². The van der Waals surface area contributed by atoms with Gasteiger partial charge < -0.3 is 15.1 Å². The molecule has 1 aliphatic heterocycles. The van der Waals surface area contributed by atoms with E-state index < -0.39 is 0 Å². The van der Waals surface area contributed by atoms with E-state index >= 15 is 0 Å². The Morgan fingerprint density at radius 2 is 1.93 bits per heavy atom. The molecule has 2 aromatic heterocycles. The molecule has 0 unspecified atom stereocenters. The Morgan fingerprint density at radius 1 is 1.11 bits per heavy atom. The molecule has 0 atom stereocenters. The second-order valence-corrected chi connectivity index (χ2v) is 6.46. The number of hydrogen-bond donors (Lipinski definition) is 2. The molecule has 1 aromatic carbocycles. The van der Waals surface area contributed by atoms with Crippen LogP contribution in [0.4, 0.5) is 5.95 Å². The lowest BCUT2D eigenvalue weighted by molar-refractivity contribution is 0.370. The topological polar surface area (TPSA) is 98.2 Å². The van der Waals surface area contributed by atoms with Crippen molar-refractivity contribution in [2.45, 2.75) is 6.54 Å². The summed E-state index contributed by atoms with van der Waals surface area (Å²) < 4.78 is 0. The van der Waals surface area contributed by atoms with Gasteiger partial charge in [-0.15, -0.1) is 0 Å². The summed E-state index contributed by atoms with van der Waals surface area (Å²) in [6.07, 6.45) is 5.08. The van der Waals surface area contributed by atoms with Gasteiger partial charge in [0.2, 0.25) is 5.95 Å². The third kappa shape index (κ3) is 4.08. The summed E-state index contributed by atoms with van der Waals surface area (Å²) in [6.45, 7) is 4.17. The molecule has 3 aromatic rings. The highest BCUT2D eigenvalue weighted by atomic mass is 15.4. The van der Waals surface area contributed by atoms with Crippen LogP contribution in [0.15, 0.2) is 54.0 Å². The maximum atomic E-state index is 4.45. The molecule has 0 aliphatic carbocycles. The van der Waals surface area contributed by atoms with E-state index in [2.05, 4.69) is 57.4 Å². The van der Waals surface area contributed by atoms with Gasteiger partial charge in [0.05, 0.1) is 0 Å². The molecule has 0 radical (unpaired) electrons. The molecule has 2 N–H and O–H groups in total. The fourth-order valence-corrected chi connectivity index (χ4v) is 3.26. The first-order chi connectivity index (χ1) is 13.8. The summed E-state index contributed by atoms with van der Waals surface area (Å²) in [5.41, 5.74) is 2.18. The van der Waals surface area contributed by atoms with Crippen LogP contribution in [0, 0.1) is 0 Å². The minimum atomic E-state index is 0.691. The van der Waals surface area contributed by atoms with Crippen molar-refractivity contribution in [3.05, 3.63) is 54.6 Å². The molecule has 0 saturated carbocycles. The third-order valence-corrected chi connectivity index (χ3v) is 4.69. The van der Waals surface area contributed by atoms with Crippen molar-refractivity contribution in [3.8, 4) is 11.4 Å². The van der Waals surface area contributed by atoms with Gasteiger partial charge in [0.25, 0.3) is 0 Å². The van der Waals surface area contributed by atoms with Crippen molar-refractivity contribution in [1.82, 2.24) is 35.4 Å². The van der Waals surface area contributed by atoms with E-state index in [0.29, 0.717) is 6.54 Å². The molecular weight excluding hydrogens is 354 g/mol. The molecule has 28 heavy (non-hydrogen) atoms. The molecule has 0 spiro atoms. The van der Waals surface area contributed by atoms with E-state index in [1.165, 1.54) is 6.33 Å². The molecule has 9 heteroatoms. The average molecular weight is 377 g/mol. The average Bonchev–Trinajstić information content (AvgIpc) is 3.31. The molecule has 144 valence electrons. The van der Waals surface area contributed by atoms with Gasteiger partial charge >= 0.3 is 0 Å². The molecule has 1 fully saturated rings. The number of benzene rings is 1. The molecule has 3 heterocycles. The smallest absolute Gasteiger partial charge is 0.225 e. The first-order valence-electron chi connectivity index (χ1n) is 9.26. The summed E-state index contributed by atoms with van der Waals surface area (Å²) in [4.78, 5) is 21.8. The first-order valence-corrected chi connectivity index (χ1v) is 9.26. The normalized spacial score (nSPS) is 15.0. The predicted octanol–water partition coefficient (Wildman–Crippen LogP) is 1.16. The summed E-state index contributed by atoms with van der Waals surface area (Å²) in [5, 5.41) is 10.3. The number of H-pyrrole nitrogens is 1. The van der Waals surface area contributed by atoms with Crippen molar-refractivity contribution in [1.29, 1.82) is 0 Å². The van der Waals surface area contributed by atoms with Crippen LogP contribution >= 0.6 is 0 Å². The minimum absolute atomic E-state index is 0.691. The quantitative estimate of drug-likeness (QED) is 0.520. The van der Waals surface area contributed by atoms with E-state index in [9.17, 15) is 0 Å². The second-order valence-electron chi connectivity index (χ2n) is 6.46. The molecule has 1 aliphatic rings. The molecule has 4 rings (SSSR count). The highest BCUT2D eigenvalue weighted by Crippen LogP contribution is 2.15. The monoisotopic (exact) mass is 377 g/mol. The zero-order chi connectivity index (χ0) is 19.2. The van der Waals surface area contributed by atoms with Gasteiger partial charge in [0.15, 0.2) is 11.8 Å². The molecule has 0 amide bonds. The van der Waals surface area contributed by atoms with Gasteiger partial charge in [-0.05, 0) is 17.7 Å². The van der Waals surface area contributed by atoms with Gasteiger partial charge in [-0.2, -0.15) is 5.10 Å². The molecule has 0 bridgehead atoms. The van der Waals surface area contributed by atoms with Crippen LogP contribution in [-0.2, 0) is 6.54 Å². The van der Waals surface area contributed by atoms with Crippen LogP contribution in [0.3, 0.4) is 0 Å². The van der Waals surface area contributed by atoms with E-state index in [-0.39, 0.29) is 0 Å². The van der Waals surface area contributed by atoms with Crippen LogP contribution in [-0.4, -0.2) is 69.2 Å². The van der Waals surface area contributed by atoms with Crippen LogP contribution in [0.1, 0.15) is 5.56 Å². The van der Waals surface area contributed by atoms with E-state index in [1.54, 1.807) is 12.4 Å². The van der Waals surface area contributed by atoms with E-state index in [4.69, 9.17) is 0 Å². The Kier molecular flexibility index (Phi) is 5.41. The number of aliphatic imine (C=N–C) groups is 1. The number of nitrogens with one attached hydrogen (secondary N) is 2. The number of rotatable bonds is 4. The van der Waals surface area contributed by atoms with Crippen LogP contribution in [0.5, 0.6) is 0 Å². The Bertz CT molecular complexity index is 900. The SMILES string of the molecule is CN=C(NCc1cccc(-c2ncn[nH]2)c1)N1CCN(c2ncccn2)CC1. The highest BCUT2D eigenvalue weighted by molar-refractivity contribution is 5.80. The maximum absolute atomic E-state index is 4.45. The molecule has 1 saturated heterocycles. The third-order valence-electron chi connectivity index (χ3n) is 4.69. The lowest BCUT2D eigenvalue weighted by Gasteiger charge is -2.36. The number of guanidine groups is 1. The molecule has 9 nitrogen and oxygen atoms in total. The van der Waals surface area contributed by atoms with Crippen molar-refractivity contribution >= 4 is 11.9 Å². The number of aromatic amines is 1. The lowest BCUT2D eigenvalue weighted by Crippen LogP contribution is -2.52. The Labute approximate surface area is 163 Å². The fraction of sp³-hybridized carbons (Fsp3) is 0.316. The Hall–Kier alpha value is -3.49. The summed E-state index contributed by atoms with van der Waals surface area (Å²) in [6, 6.07) is 10.1. The van der Waals surface area contributed by atoms with Crippen molar-refractivity contribution in [2.75, 3.05) is 38.1 Å². The summed E-state index contributed by atoms with van der Waals surface area (Å²) in [5.74, 6) is 2.46. The molecular formula is C19H23N9. The maximum Gasteiger partial charge on any atom is 0.225 e. The number of nitrogens with zero attached hydrogens (tertiary/aromatic N) is 7. The predicted molar refractivity (Wildman–Crippen MR) is 108 cm³/mol. The number of anilines is 1. The second kappa shape index (κ2) is 8.47. The van der Waals surface area contributed by atoms with Crippen LogP contribution in [0.25, 0.3) is 11.4 Å². The summed E-state index contributed by atoms with van der Waals surface area (Å²) in [7, 11) is 1.82. The zero-order valence-electron chi connectivity index (χ0n) is 15.8. The lowest BCUT2D eigenvalue weighted by atomic mass is 10.1. The zero-order valence-corrected chi connectivity index (χ0v) is 15.8. The standard InChI is InChI=1S/C19H23N9/c1-20-18(27-8-10-28(11-9-27)19-21-6-3-7-22-19)23-13-15-4-2-5-16(12-15)17-24-14-25-26-17/h2-7,12,14H,8-11,13H2,1H3,(H,20,23)(H,24,25,26). The minimum Gasteiger partial charge on any atom is -0.352 e. The van der Waals surface area contributed by atoms with Crippen LogP contribution < -0.4 is 10.2 Å². The number of aromatic nitrogens is 5. The van der Waals surface area contributed by atoms with Crippen molar-refractivity contribution < 1.29 is 0 Å². The number of piperazine rings is 1. The van der Waals surface area contributed by atoms with E-state index in [0.717, 1.165) is 55.0 Å². The van der Waals surface area contributed by atoms with Crippen molar-refractivity contribution in [3.63, 3.8) is 0 Å². The summed E-state index contributed by atoms with van der Waals surface area (Å²) >= 11 is 0. The Balaban J connectivity index is 1.34. The largest absolute Gasteiger partial charge is 0.352 e. The van der Waals surface area contributed by atoms with E-state index in [1.807, 2.05) is 25.2 Å². The first kappa shape index (κ1) is 17.9. The Morgan fingerprint density at radius 3 is 2.64 bits per heavy atom. The van der Waals surface area contributed by atoms with Gasteiger partial charge in [0.1, 0.15) is 6.33 Å². The van der Waals surface area contributed by atoms with Gasteiger partial charge in [-0.3, -0.25) is 10.1 Å². The van der Waals surface area contributed by atoms with Gasteiger partial charge in [-0.1, -0.05) is 18.2 Å². The van der Waals surface area contributed by atoms with Crippen molar-refractivity contribution in [2.24, 2.45) is 4.99 Å². The van der Waals surface area contributed by atoms with Gasteiger partial charge in [-0.25, -0.2) is 15.0 Å². The van der Waals surface area contributed by atoms with Gasteiger partial charge in [0, 0.05) is 57.7 Å². The fourth-order valence-electron chi connectivity index (χ4n) is 3.26. The number of hydrogen-bond acceptors (Lipinski definition) is 6.